The molecule has 2 atom stereocenters. The zero-order valence-corrected chi connectivity index (χ0v) is 15.2. The molecule has 6 heteroatoms. The summed E-state index contributed by atoms with van der Waals surface area (Å²) >= 11 is 0. The Morgan fingerprint density at radius 2 is 2.19 bits per heavy atom. The van der Waals surface area contributed by atoms with Gasteiger partial charge in [0.1, 0.15) is 5.75 Å². The van der Waals surface area contributed by atoms with Crippen molar-refractivity contribution in [1.82, 2.24) is 15.3 Å². The lowest BCUT2D eigenvalue weighted by Crippen LogP contribution is -2.51. The molecule has 0 amide bonds. The SMILES string of the molecule is COc1ccc2c(c1)C[C@@H](N[C@H]1CCCN(c3ncc[nH]c3=O)C1)CC2. The van der Waals surface area contributed by atoms with Crippen LogP contribution in [0.4, 0.5) is 5.82 Å². The van der Waals surface area contributed by atoms with Crippen molar-refractivity contribution in [3.63, 3.8) is 0 Å². The number of aromatic nitrogens is 2. The Bertz CT molecular complexity index is 819. The van der Waals surface area contributed by atoms with Crippen LogP contribution in [0.5, 0.6) is 5.75 Å². The van der Waals surface area contributed by atoms with E-state index in [-0.39, 0.29) is 5.56 Å². The molecule has 1 aliphatic carbocycles. The smallest absolute Gasteiger partial charge is 0.290 e. The van der Waals surface area contributed by atoms with Gasteiger partial charge in [-0.05, 0) is 55.4 Å². The molecule has 2 aliphatic rings. The van der Waals surface area contributed by atoms with Crippen molar-refractivity contribution >= 4 is 5.82 Å². The van der Waals surface area contributed by atoms with Gasteiger partial charge in [0.25, 0.3) is 5.56 Å². The number of H-pyrrole nitrogens is 1. The molecule has 1 aliphatic heterocycles. The van der Waals surface area contributed by atoms with Crippen LogP contribution in [-0.2, 0) is 12.8 Å². The lowest BCUT2D eigenvalue weighted by atomic mass is 9.87. The topological polar surface area (TPSA) is 70.2 Å². The van der Waals surface area contributed by atoms with E-state index < -0.39 is 0 Å². The van der Waals surface area contributed by atoms with Gasteiger partial charge in [0.15, 0.2) is 5.82 Å². The molecule has 6 nitrogen and oxygen atoms in total. The summed E-state index contributed by atoms with van der Waals surface area (Å²) in [5.74, 6) is 1.47. The minimum atomic E-state index is -0.105. The first kappa shape index (κ1) is 17.1. The highest BCUT2D eigenvalue weighted by molar-refractivity contribution is 5.38. The first-order valence-corrected chi connectivity index (χ1v) is 9.43. The number of hydrogen-bond acceptors (Lipinski definition) is 5. The Labute approximate surface area is 153 Å². The molecular formula is C20H26N4O2. The molecular weight excluding hydrogens is 328 g/mol. The molecule has 2 aromatic rings. The number of nitrogens with one attached hydrogen (secondary N) is 2. The summed E-state index contributed by atoms with van der Waals surface area (Å²) in [5, 5.41) is 3.83. The standard InChI is InChI=1S/C20H26N4O2/c1-26-18-7-5-14-4-6-16(11-15(14)12-18)23-17-3-2-10-24(13-17)19-20(25)22-9-8-21-19/h5,7-9,12,16-17,23H,2-4,6,10-11,13H2,1H3,(H,22,25)/t16-,17-/m0/s1. The molecule has 0 saturated carbocycles. The minimum Gasteiger partial charge on any atom is -0.497 e. The number of nitrogens with zero attached hydrogens (tertiary/aromatic N) is 2. The average Bonchev–Trinajstić information content (AvgIpc) is 2.68. The fourth-order valence-electron chi connectivity index (χ4n) is 4.21. The molecule has 2 heterocycles. The number of aryl methyl sites for hydroxylation is 1. The lowest BCUT2D eigenvalue weighted by Gasteiger charge is -2.37. The van der Waals surface area contributed by atoms with E-state index in [1.54, 1.807) is 19.5 Å². The molecule has 1 fully saturated rings. The maximum absolute atomic E-state index is 12.0. The number of aromatic amines is 1. The van der Waals surface area contributed by atoms with Crippen LogP contribution in [0.15, 0.2) is 35.4 Å². The third-order valence-corrected chi connectivity index (χ3v) is 5.52. The van der Waals surface area contributed by atoms with Crippen LogP contribution in [0.2, 0.25) is 0 Å². The van der Waals surface area contributed by atoms with Crippen LogP contribution in [0.25, 0.3) is 0 Å². The summed E-state index contributed by atoms with van der Waals surface area (Å²) in [6, 6.07) is 7.28. The van der Waals surface area contributed by atoms with Crippen molar-refractivity contribution in [2.75, 3.05) is 25.1 Å². The van der Waals surface area contributed by atoms with Crippen molar-refractivity contribution in [2.24, 2.45) is 0 Å². The Morgan fingerprint density at radius 3 is 3.04 bits per heavy atom. The molecule has 0 unspecified atom stereocenters. The Morgan fingerprint density at radius 1 is 1.27 bits per heavy atom. The van der Waals surface area contributed by atoms with Gasteiger partial charge in [-0.3, -0.25) is 4.79 Å². The number of benzene rings is 1. The predicted molar refractivity (Wildman–Crippen MR) is 102 cm³/mol. The molecule has 4 rings (SSSR count). The van der Waals surface area contributed by atoms with Crippen LogP contribution in [-0.4, -0.2) is 42.3 Å². The van der Waals surface area contributed by atoms with Gasteiger partial charge in [-0.1, -0.05) is 6.07 Å². The van der Waals surface area contributed by atoms with E-state index in [0.29, 0.717) is 17.9 Å². The van der Waals surface area contributed by atoms with Gasteiger partial charge in [-0.2, -0.15) is 0 Å². The fourth-order valence-corrected chi connectivity index (χ4v) is 4.21. The molecule has 1 aromatic heterocycles. The average molecular weight is 354 g/mol. The number of fused-ring (bicyclic) bond motifs is 1. The van der Waals surface area contributed by atoms with Gasteiger partial charge >= 0.3 is 0 Å². The largest absolute Gasteiger partial charge is 0.497 e. The summed E-state index contributed by atoms with van der Waals surface area (Å²) < 4.78 is 5.37. The normalized spacial score (nSPS) is 22.7. The second-order valence-corrected chi connectivity index (χ2v) is 7.27. The number of hydrogen-bond donors (Lipinski definition) is 2. The number of rotatable bonds is 4. The van der Waals surface area contributed by atoms with E-state index in [4.69, 9.17) is 4.74 Å². The summed E-state index contributed by atoms with van der Waals surface area (Å²) in [5.41, 5.74) is 2.72. The van der Waals surface area contributed by atoms with Crippen molar-refractivity contribution < 1.29 is 4.74 Å². The van der Waals surface area contributed by atoms with Gasteiger partial charge in [-0.15, -0.1) is 0 Å². The van der Waals surface area contributed by atoms with Gasteiger partial charge in [0.05, 0.1) is 7.11 Å². The van der Waals surface area contributed by atoms with Gasteiger partial charge in [0.2, 0.25) is 0 Å². The number of methoxy groups -OCH3 is 1. The monoisotopic (exact) mass is 354 g/mol. The predicted octanol–water partition coefficient (Wildman–Crippen LogP) is 1.89. The first-order chi connectivity index (χ1) is 12.7. The van der Waals surface area contributed by atoms with Crippen LogP contribution < -0.4 is 20.5 Å². The Balaban J connectivity index is 1.41. The molecule has 26 heavy (non-hydrogen) atoms. The van der Waals surface area contributed by atoms with E-state index in [9.17, 15) is 4.79 Å². The van der Waals surface area contributed by atoms with Crippen LogP contribution in [0.3, 0.4) is 0 Å². The zero-order chi connectivity index (χ0) is 17.9. The molecule has 0 radical (unpaired) electrons. The third kappa shape index (κ3) is 3.60. The Hall–Kier alpha value is -2.34. The minimum absolute atomic E-state index is 0.105. The highest BCUT2D eigenvalue weighted by atomic mass is 16.5. The van der Waals surface area contributed by atoms with Crippen molar-refractivity contribution in [3.8, 4) is 5.75 Å². The second kappa shape index (κ2) is 7.50. The first-order valence-electron chi connectivity index (χ1n) is 9.43. The highest BCUT2D eigenvalue weighted by Crippen LogP contribution is 2.26. The fraction of sp³-hybridized carbons (Fsp3) is 0.500. The quantitative estimate of drug-likeness (QED) is 0.878. The second-order valence-electron chi connectivity index (χ2n) is 7.27. The molecule has 0 bridgehead atoms. The summed E-state index contributed by atoms with van der Waals surface area (Å²) in [4.78, 5) is 21.1. The summed E-state index contributed by atoms with van der Waals surface area (Å²) in [7, 11) is 1.72. The van der Waals surface area contributed by atoms with Crippen LogP contribution in [0, 0.1) is 0 Å². The van der Waals surface area contributed by atoms with Crippen LogP contribution in [0.1, 0.15) is 30.4 Å². The molecule has 1 saturated heterocycles. The van der Waals surface area contributed by atoms with Crippen molar-refractivity contribution in [1.29, 1.82) is 0 Å². The van der Waals surface area contributed by atoms with E-state index in [1.165, 1.54) is 11.1 Å². The summed E-state index contributed by atoms with van der Waals surface area (Å²) in [6.07, 6.45) is 8.74. The lowest BCUT2D eigenvalue weighted by molar-refractivity contribution is 0.350. The third-order valence-electron chi connectivity index (χ3n) is 5.52. The maximum Gasteiger partial charge on any atom is 0.290 e. The van der Waals surface area contributed by atoms with Gasteiger partial charge in [0, 0.05) is 37.6 Å². The summed E-state index contributed by atoms with van der Waals surface area (Å²) in [6.45, 7) is 1.73. The van der Waals surface area contributed by atoms with Crippen LogP contribution >= 0.6 is 0 Å². The van der Waals surface area contributed by atoms with Gasteiger partial charge in [-0.25, -0.2) is 4.98 Å². The molecule has 2 N–H and O–H groups in total. The number of ether oxygens (including phenoxy) is 1. The van der Waals surface area contributed by atoms with E-state index >= 15 is 0 Å². The maximum atomic E-state index is 12.0. The van der Waals surface area contributed by atoms with Crippen molar-refractivity contribution in [2.45, 2.75) is 44.2 Å². The van der Waals surface area contributed by atoms with E-state index in [2.05, 4.69) is 38.4 Å². The Kier molecular flexibility index (Phi) is 4.93. The zero-order valence-electron chi connectivity index (χ0n) is 15.2. The van der Waals surface area contributed by atoms with Gasteiger partial charge < -0.3 is 19.9 Å². The number of piperidine rings is 1. The highest BCUT2D eigenvalue weighted by Gasteiger charge is 2.26. The number of anilines is 1. The molecule has 138 valence electrons. The van der Waals surface area contributed by atoms with Crippen molar-refractivity contribution in [3.05, 3.63) is 52.1 Å². The van der Waals surface area contributed by atoms with E-state index in [0.717, 1.165) is 50.9 Å². The van der Waals surface area contributed by atoms with E-state index in [1.807, 2.05) is 0 Å². The molecule has 0 spiro atoms. The molecule has 1 aromatic carbocycles.